The minimum absolute atomic E-state index is 0. The van der Waals surface area contributed by atoms with Gasteiger partial charge in [0.1, 0.15) is 11.3 Å². The number of fused-ring (bicyclic) bond motifs is 2. The van der Waals surface area contributed by atoms with Gasteiger partial charge in [0.15, 0.2) is 17.2 Å². The summed E-state index contributed by atoms with van der Waals surface area (Å²) in [4.78, 5) is 16.8. The molecular weight excluding hydrogens is 478 g/mol. The molecule has 34 heavy (non-hydrogen) atoms. The van der Waals surface area contributed by atoms with Crippen molar-refractivity contribution in [3.05, 3.63) is 70.6 Å². The van der Waals surface area contributed by atoms with Gasteiger partial charge in [-0.15, -0.1) is 12.4 Å². The number of hydrogen-bond donors (Lipinski definition) is 2. The topological polar surface area (TPSA) is 85.0 Å². The number of anilines is 1. The third-order valence-electron chi connectivity index (χ3n) is 5.38. The Labute approximate surface area is 196 Å². The van der Waals surface area contributed by atoms with Crippen molar-refractivity contribution in [2.75, 3.05) is 11.9 Å². The molecule has 0 bridgehead atoms. The molecule has 0 radical (unpaired) electrons. The van der Waals surface area contributed by atoms with Gasteiger partial charge in [-0.1, -0.05) is 6.07 Å². The molecular formula is C22H18ClF4N5O2. The van der Waals surface area contributed by atoms with E-state index in [0.717, 1.165) is 6.07 Å². The number of hydrogen-bond acceptors (Lipinski definition) is 5. The summed E-state index contributed by atoms with van der Waals surface area (Å²) >= 11 is 0. The molecule has 1 aliphatic rings. The highest BCUT2D eigenvalue weighted by Gasteiger charge is 2.39. The lowest BCUT2D eigenvalue weighted by Crippen LogP contribution is -2.26. The summed E-state index contributed by atoms with van der Waals surface area (Å²) in [6.45, 7) is 2.20. The van der Waals surface area contributed by atoms with E-state index in [-0.39, 0.29) is 35.8 Å². The Bertz CT molecular complexity index is 1400. The summed E-state index contributed by atoms with van der Waals surface area (Å²) in [6.07, 6.45) is -4.24. The maximum atomic E-state index is 14.4. The molecule has 2 N–H and O–H groups in total. The number of amides is 1. The molecule has 12 heteroatoms. The first-order valence-corrected chi connectivity index (χ1v) is 10.1. The molecule has 5 rings (SSSR count). The van der Waals surface area contributed by atoms with Gasteiger partial charge in [0, 0.05) is 49.7 Å². The van der Waals surface area contributed by atoms with E-state index in [1.54, 1.807) is 13.0 Å². The summed E-state index contributed by atoms with van der Waals surface area (Å²) in [6, 6.07) is 8.48. The van der Waals surface area contributed by atoms with Crippen molar-refractivity contribution in [2.24, 2.45) is 0 Å². The van der Waals surface area contributed by atoms with Crippen molar-refractivity contribution in [3.8, 4) is 5.69 Å². The molecule has 2 aromatic carbocycles. The van der Waals surface area contributed by atoms with E-state index in [4.69, 9.17) is 4.42 Å². The van der Waals surface area contributed by atoms with Gasteiger partial charge < -0.3 is 15.1 Å². The number of nitrogens with zero attached hydrogens (tertiary/aromatic N) is 3. The Morgan fingerprint density at radius 2 is 2.03 bits per heavy atom. The van der Waals surface area contributed by atoms with Gasteiger partial charge in [-0.25, -0.2) is 14.1 Å². The Morgan fingerprint density at radius 1 is 1.24 bits per heavy atom. The molecule has 4 aromatic rings. The van der Waals surface area contributed by atoms with E-state index in [1.165, 1.54) is 28.9 Å². The number of aromatic nitrogens is 3. The number of rotatable bonds is 3. The molecule has 178 valence electrons. The van der Waals surface area contributed by atoms with Gasteiger partial charge in [0.05, 0.1) is 17.1 Å². The van der Waals surface area contributed by atoms with Crippen LogP contribution in [0.2, 0.25) is 0 Å². The molecule has 7 nitrogen and oxygen atoms in total. The predicted molar refractivity (Wildman–Crippen MR) is 118 cm³/mol. The molecule has 3 heterocycles. The summed E-state index contributed by atoms with van der Waals surface area (Å²) in [5.74, 6) is -0.967. The first kappa shape index (κ1) is 23.7. The van der Waals surface area contributed by atoms with Crippen LogP contribution in [0.15, 0.2) is 40.8 Å². The third-order valence-corrected chi connectivity index (χ3v) is 5.38. The summed E-state index contributed by atoms with van der Waals surface area (Å²) in [5.41, 5.74) is 0.564. The molecule has 0 unspecified atom stereocenters. The third kappa shape index (κ3) is 4.24. The summed E-state index contributed by atoms with van der Waals surface area (Å²) in [7, 11) is 0. The molecule has 0 atom stereocenters. The molecule has 0 saturated heterocycles. The smallest absolute Gasteiger partial charge is 0.435 e. The Kier molecular flexibility index (Phi) is 6.09. The van der Waals surface area contributed by atoms with Gasteiger partial charge in [-0.2, -0.15) is 18.3 Å². The lowest BCUT2D eigenvalue weighted by Gasteiger charge is -2.16. The fourth-order valence-electron chi connectivity index (χ4n) is 3.92. The van der Waals surface area contributed by atoms with E-state index in [0.29, 0.717) is 41.3 Å². The summed E-state index contributed by atoms with van der Waals surface area (Å²) in [5, 5.41) is 9.22. The first-order valence-electron chi connectivity index (χ1n) is 10.1. The van der Waals surface area contributed by atoms with E-state index < -0.39 is 23.6 Å². The largest absolute Gasteiger partial charge is 0.441 e. The quantitative estimate of drug-likeness (QED) is 0.399. The highest BCUT2D eigenvalue weighted by Crippen LogP contribution is 2.35. The van der Waals surface area contributed by atoms with Crippen LogP contribution in [-0.2, 0) is 19.1 Å². The number of halogens is 5. The van der Waals surface area contributed by atoms with Crippen molar-refractivity contribution in [1.82, 2.24) is 20.1 Å². The normalized spacial score (nSPS) is 13.4. The minimum atomic E-state index is -4.60. The van der Waals surface area contributed by atoms with Gasteiger partial charge in [0.2, 0.25) is 0 Å². The molecule has 0 saturated carbocycles. The Morgan fingerprint density at radius 3 is 2.79 bits per heavy atom. The van der Waals surface area contributed by atoms with Crippen molar-refractivity contribution in [3.63, 3.8) is 0 Å². The molecule has 2 aromatic heterocycles. The van der Waals surface area contributed by atoms with E-state index in [9.17, 15) is 22.4 Å². The predicted octanol–water partition coefficient (Wildman–Crippen LogP) is 4.80. The van der Waals surface area contributed by atoms with Crippen LogP contribution in [0.5, 0.6) is 0 Å². The van der Waals surface area contributed by atoms with E-state index in [1.807, 2.05) is 0 Å². The Balaban J connectivity index is 0.00000274. The minimum Gasteiger partial charge on any atom is -0.441 e. The second-order valence-corrected chi connectivity index (χ2v) is 7.65. The highest BCUT2D eigenvalue weighted by molar-refractivity contribution is 6.05. The van der Waals surface area contributed by atoms with Crippen LogP contribution >= 0.6 is 12.4 Å². The molecule has 0 aliphatic carbocycles. The number of carbonyl (C=O) groups is 1. The van der Waals surface area contributed by atoms with Gasteiger partial charge in [-0.05, 0) is 18.2 Å². The van der Waals surface area contributed by atoms with Crippen LogP contribution in [0.25, 0.3) is 16.8 Å². The Hall–Kier alpha value is -3.44. The fraction of sp³-hybridized carbons (Fsp3) is 0.227. The van der Waals surface area contributed by atoms with Crippen molar-refractivity contribution < 1.29 is 26.8 Å². The van der Waals surface area contributed by atoms with Crippen molar-refractivity contribution in [2.45, 2.75) is 26.1 Å². The fourth-order valence-corrected chi connectivity index (χ4v) is 3.92. The van der Waals surface area contributed by atoms with Gasteiger partial charge >= 0.3 is 6.18 Å². The maximum Gasteiger partial charge on any atom is 0.435 e. The van der Waals surface area contributed by atoms with Crippen LogP contribution in [0.3, 0.4) is 0 Å². The van der Waals surface area contributed by atoms with Gasteiger partial charge in [-0.3, -0.25) is 4.79 Å². The molecule has 1 amide bonds. The number of alkyl halides is 3. The number of benzene rings is 2. The molecule has 0 fully saturated rings. The lowest BCUT2D eigenvalue weighted by atomic mass is 10.1. The SMILES string of the molecule is Cc1nc2cc(F)c(NC(=O)c3cccc(-n4nc(C(F)(F)F)c5c4CCNC5)c3)cc2o1.Cl. The van der Waals surface area contributed by atoms with Gasteiger partial charge in [0.25, 0.3) is 5.91 Å². The number of nitrogens with one attached hydrogen (secondary N) is 2. The first-order chi connectivity index (χ1) is 15.7. The van der Waals surface area contributed by atoms with Crippen molar-refractivity contribution >= 4 is 35.1 Å². The molecule has 1 aliphatic heterocycles. The van der Waals surface area contributed by atoms with Crippen LogP contribution < -0.4 is 10.6 Å². The zero-order valence-corrected chi connectivity index (χ0v) is 18.5. The average Bonchev–Trinajstić information content (AvgIpc) is 3.33. The van der Waals surface area contributed by atoms with Crippen LogP contribution in [0.4, 0.5) is 23.2 Å². The maximum absolute atomic E-state index is 14.4. The lowest BCUT2D eigenvalue weighted by molar-refractivity contribution is -0.142. The monoisotopic (exact) mass is 495 g/mol. The highest BCUT2D eigenvalue weighted by atomic mass is 35.5. The molecule has 0 spiro atoms. The van der Waals surface area contributed by atoms with Crippen molar-refractivity contribution in [1.29, 1.82) is 0 Å². The number of aryl methyl sites for hydroxylation is 1. The second kappa shape index (κ2) is 8.73. The zero-order chi connectivity index (χ0) is 23.3. The zero-order valence-electron chi connectivity index (χ0n) is 17.7. The number of oxazole rings is 1. The summed E-state index contributed by atoms with van der Waals surface area (Å²) < 4.78 is 61.5. The van der Waals surface area contributed by atoms with Crippen LogP contribution in [-0.4, -0.2) is 27.2 Å². The van der Waals surface area contributed by atoms with Crippen LogP contribution in [0, 0.1) is 12.7 Å². The number of carbonyl (C=O) groups excluding carboxylic acids is 1. The standard InChI is InChI=1S/C22H17F4N5O2.ClH/c1-11-28-17-8-15(23)16(9-19(17)33-11)29-21(32)12-3-2-4-13(7-12)31-18-5-6-27-10-14(18)20(30-31)22(24,25)26;/h2-4,7-9,27H,5-6,10H2,1H3,(H,29,32);1H. The van der Waals surface area contributed by atoms with E-state index in [2.05, 4.69) is 20.7 Å². The van der Waals surface area contributed by atoms with Crippen LogP contribution in [0.1, 0.15) is 33.2 Å². The second-order valence-electron chi connectivity index (χ2n) is 7.65. The average molecular weight is 496 g/mol. The van der Waals surface area contributed by atoms with E-state index >= 15 is 0 Å².